The van der Waals surface area contributed by atoms with Crippen LogP contribution in [0.2, 0.25) is 0 Å². The van der Waals surface area contributed by atoms with Crippen LogP contribution in [0.25, 0.3) is 6.08 Å². The first-order chi connectivity index (χ1) is 8.49. The molecule has 0 spiro atoms. The summed E-state index contributed by atoms with van der Waals surface area (Å²) in [5.74, 6) is 0.0279. The van der Waals surface area contributed by atoms with Crippen LogP contribution in [0.15, 0.2) is 30.8 Å². The van der Waals surface area contributed by atoms with Gasteiger partial charge in [-0.3, -0.25) is 4.79 Å². The van der Waals surface area contributed by atoms with Gasteiger partial charge in [-0.25, -0.2) is 0 Å². The third-order valence-electron chi connectivity index (χ3n) is 1.90. The lowest BCUT2D eigenvalue weighted by molar-refractivity contribution is -0.147. The number of aromatic hydroxyl groups is 1. The van der Waals surface area contributed by atoms with E-state index >= 15 is 0 Å². The lowest BCUT2D eigenvalue weighted by atomic mass is 10.2. The summed E-state index contributed by atoms with van der Waals surface area (Å²) in [6.07, 6.45) is 1.60. The molecule has 0 aliphatic carbocycles. The van der Waals surface area contributed by atoms with Crippen molar-refractivity contribution in [3.8, 4) is 5.75 Å². The smallest absolute Gasteiger partial charge is 0.302 e. The number of phenolic OH excluding ortho intramolecular Hbond substituents is 1. The van der Waals surface area contributed by atoms with Crippen molar-refractivity contribution in [1.29, 1.82) is 0 Å². The summed E-state index contributed by atoms with van der Waals surface area (Å²) in [5.41, 5.74) is 1.02. The van der Waals surface area contributed by atoms with Gasteiger partial charge in [0.05, 0.1) is 6.61 Å². The van der Waals surface area contributed by atoms with E-state index in [1.54, 1.807) is 32.2 Å². The predicted octanol–water partition coefficient (Wildman–Crippen LogP) is 2.62. The molecular weight excluding hydrogens is 232 g/mol. The molecule has 1 atom stereocenters. The molecule has 1 aromatic carbocycles. The Morgan fingerprint density at radius 1 is 1.44 bits per heavy atom. The largest absolute Gasteiger partial charge is 0.508 e. The zero-order chi connectivity index (χ0) is 14.0. The number of benzene rings is 1. The molecule has 1 aromatic rings. The average Bonchev–Trinajstić information content (AvgIpc) is 2.30. The molecule has 0 aliphatic rings. The van der Waals surface area contributed by atoms with Gasteiger partial charge in [-0.15, -0.1) is 0 Å². The average molecular weight is 252 g/mol. The van der Waals surface area contributed by atoms with Gasteiger partial charge >= 0.3 is 5.97 Å². The van der Waals surface area contributed by atoms with Crippen LogP contribution in [-0.2, 0) is 14.3 Å². The minimum absolute atomic E-state index is 0.132. The van der Waals surface area contributed by atoms with Crippen LogP contribution in [-0.4, -0.2) is 30.9 Å². The van der Waals surface area contributed by atoms with Gasteiger partial charge in [0.15, 0.2) is 0 Å². The van der Waals surface area contributed by atoms with E-state index in [2.05, 4.69) is 6.58 Å². The van der Waals surface area contributed by atoms with Gasteiger partial charge in [0.25, 0.3) is 0 Å². The summed E-state index contributed by atoms with van der Waals surface area (Å²) in [5, 5.41) is 8.82. The third kappa shape index (κ3) is 8.35. The molecule has 0 aromatic heterocycles. The molecule has 0 amide bonds. The Hall–Kier alpha value is -1.81. The number of carbonyl (C=O) groups is 1. The van der Waals surface area contributed by atoms with Gasteiger partial charge in [0, 0.05) is 14.0 Å². The van der Waals surface area contributed by atoms with Crippen molar-refractivity contribution in [2.75, 3.05) is 13.7 Å². The fourth-order valence-corrected chi connectivity index (χ4v) is 1.16. The molecule has 0 fully saturated rings. The fraction of sp³-hybridized carbons (Fsp3) is 0.357. The molecular formula is C14H20O4. The SMILES string of the molecule is C=Cc1ccc(O)cc1.COCC(C)OC(C)=O. The Bertz CT molecular complexity index is 357. The van der Waals surface area contributed by atoms with Crippen LogP contribution in [0, 0.1) is 0 Å². The van der Waals surface area contributed by atoms with Crippen molar-refractivity contribution in [2.24, 2.45) is 0 Å². The minimum Gasteiger partial charge on any atom is -0.508 e. The summed E-state index contributed by atoms with van der Waals surface area (Å²) in [6.45, 7) is 7.20. The molecule has 18 heavy (non-hydrogen) atoms. The maximum atomic E-state index is 10.3. The van der Waals surface area contributed by atoms with E-state index in [4.69, 9.17) is 14.6 Å². The monoisotopic (exact) mass is 252 g/mol. The molecule has 0 radical (unpaired) electrons. The van der Waals surface area contributed by atoms with Crippen molar-refractivity contribution < 1.29 is 19.4 Å². The first-order valence-electron chi connectivity index (χ1n) is 5.57. The number of ether oxygens (including phenoxy) is 2. The van der Waals surface area contributed by atoms with Gasteiger partial charge in [-0.1, -0.05) is 24.8 Å². The van der Waals surface area contributed by atoms with E-state index in [1.807, 2.05) is 12.1 Å². The van der Waals surface area contributed by atoms with E-state index in [0.29, 0.717) is 12.4 Å². The summed E-state index contributed by atoms with van der Waals surface area (Å²) < 4.78 is 9.45. The van der Waals surface area contributed by atoms with Crippen LogP contribution in [0.3, 0.4) is 0 Å². The van der Waals surface area contributed by atoms with Gasteiger partial charge in [0.2, 0.25) is 0 Å². The molecule has 0 aliphatic heterocycles. The number of hydrogen-bond donors (Lipinski definition) is 1. The Kier molecular flexibility index (Phi) is 8.31. The fourth-order valence-electron chi connectivity index (χ4n) is 1.16. The van der Waals surface area contributed by atoms with E-state index in [9.17, 15) is 4.79 Å². The zero-order valence-electron chi connectivity index (χ0n) is 11.1. The Labute approximate surface area is 108 Å². The van der Waals surface area contributed by atoms with Crippen LogP contribution in [0.4, 0.5) is 0 Å². The number of hydrogen-bond acceptors (Lipinski definition) is 4. The number of carbonyl (C=O) groups excluding carboxylic acids is 1. The van der Waals surface area contributed by atoms with Gasteiger partial charge in [-0.05, 0) is 24.6 Å². The quantitative estimate of drug-likeness (QED) is 0.837. The lowest BCUT2D eigenvalue weighted by Crippen LogP contribution is -2.17. The molecule has 0 saturated heterocycles. The van der Waals surface area contributed by atoms with E-state index in [-0.39, 0.29) is 12.1 Å². The number of phenols is 1. The predicted molar refractivity (Wildman–Crippen MR) is 71.3 cm³/mol. The summed E-state index contributed by atoms with van der Waals surface area (Å²) in [6, 6.07) is 6.89. The first-order valence-corrected chi connectivity index (χ1v) is 5.57. The minimum atomic E-state index is -0.264. The summed E-state index contributed by atoms with van der Waals surface area (Å²) in [7, 11) is 1.57. The second kappa shape index (κ2) is 9.24. The van der Waals surface area contributed by atoms with Crippen molar-refractivity contribution in [3.05, 3.63) is 36.4 Å². The lowest BCUT2D eigenvalue weighted by Gasteiger charge is -2.08. The molecule has 100 valence electrons. The maximum absolute atomic E-state index is 10.3. The van der Waals surface area contributed by atoms with E-state index in [0.717, 1.165) is 5.56 Å². The molecule has 1 rings (SSSR count). The molecule has 4 heteroatoms. The number of esters is 1. The summed E-state index contributed by atoms with van der Waals surface area (Å²) in [4.78, 5) is 10.3. The van der Waals surface area contributed by atoms with E-state index < -0.39 is 0 Å². The highest BCUT2D eigenvalue weighted by atomic mass is 16.6. The zero-order valence-corrected chi connectivity index (χ0v) is 11.1. The third-order valence-corrected chi connectivity index (χ3v) is 1.90. The van der Waals surface area contributed by atoms with Crippen LogP contribution in [0.5, 0.6) is 5.75 Å². The molecule has 1 unspecified atom stereocenters. The van der Waals surface area contributed by atoms with Crippen molar-refractivity contribution >= 4 is 12.0 Å². The second-order valence-corrected chi connectivity index (χ2v) is 3.67. The molecule has 4 nitrogen and oxygen atoms in total. The maximum Gasteiger partial charge on any atom is 0.302 e. The van der Waals surface area contributed by atoms with Crippen LogP contribution >= 0.6 is 0 Å². The molecule has 0 heterocycles. The van der Waals surface area contributed by atoms with Crippen LogP contribution < -0.4 is 0 Å². The van der Waals surface area contributed by atoms with Crippen molar-refractivity contribution in [1.82, 2.24) is 0 Å². The number of methoxy groups -OCH3 is 1. The Morgan fingerprint density at radius 3 is 2.39 bits per heavy atom. The first kappa shape index (κ1) is 16.2. The van der Waals surface area contributed by atoms with Crippen molar-refractivity contribution in [3.63, 3.8) is 0 Å². The Morgan fingerprint density at radius 2 is 2.00 bits per heavy atom. The van der Waals surface area contributed by atoms with E-state index in [1.165, 1.54) is 6.92 Å². The molecule has 0 saturated carbocycles. The topological polar surface area (TPSA) is 55.8 Å². The molecule has 1 N–H and O–H groups in total. The standard InChI is InChI=1S/C8H8O.C6H12O3/c1-2-7-3-5-8(9)6-4-7;1-5(4-8-3)9-6(2)7/h2-6,9H,1H2;5H,4H2,1-3H3. The summed E-state index contributed by atoms with van der Waals surface area (Å²) >= 11 is 0. The van der Waals surface area contributed by atoms with Gasteiger partial charge in [-0.2, -0.15) is 0 Å². The van der Waals surface area contributed by atoms with Gasteiger partial charge in [0.1, 0.15) is 11.9 Å². The number of rotatable bonds is 4. The highest BCUT2D eigenvalue weighted by Crippen LogP contribution is 2.09. The normalized spacial score (nSPS) is 10.8. The molecule has 0 bridgehead atoms. The second-order valence-electron chi connectivity index (χ2n) is 3.67. The highest BCUT2D eigenvalue weighted by molar-refractivity contribution is 5.66. The van der Waals surface area contributed by atoms with Crippen LogP contribution in [0.1, 0.15) is 19.4 Å². The Balaban J connectivity index is 0.000000321. The van der Waals surface area contributed by atoms with Crippen molar-refractivity contribution in [2.45, 2.75) is 20.0 Å². The highest BCUT2D eigenvalue weighted by Gasteiger charge is 2.02. The van der Waals surface area contributed by atoms with Gasteiger partial charge < -0.3 is 14.6 Å².